The van der Waals surface area contributed by atoms with Crippen molar-refractivity contribution in [1.29, 1.82) is 0 Å². The quantitative estimate of drug-likeness (QED) is 0.771. The number of anilines is 1. The molecule has 2 aromatic carbocycles. The Balaban J connectivity index is 2.09. The van der Waals surface area contributed by atoms with E-state index in [1.807, 2.05) is 6.92 Å². The number of carbonyl (C=O) groups is 1. The van der Waals surface area contributed by atoms with E-state index in [-0.39, 0.29) is 4.90 Å². The van der Waals surface area contributed by atoms with Gasteiger partial charge in [0, 0.05) is 11.8 Å². The van der Waals surface area contributed by atoms with Gasteiger partial charge in [-0.15, -0.1) is 0 Å². The predicted molar refractivity (Wildman–Crippen MR) is 99.1 cm³/mol. The fourth-order valence-corrected chi connectivity index (χ4v) is 3.44. The first-order chi connectivity index (χ1) is 12.3. The number of carbonyl (C=O) groups excluding carboxylic acids is 1. The van der Waals surface area contributed by atoms with Gasteiger partial charge in [0.1, 0.15) is 0 Å². The zero-order chi connectivity index (χ0) is 19.3. The average Bonchev–Trinajstić information content (AvgIpc) is 2.61. The molecule has 0 spiro atoms. The lowest BCUT2D eigenvalue weighted by atomic mass is 10.2. The molecule has 0 aliphatic carbocycles. The number of benzene rings is 2. The molecule has 0 aliphatic rings. The molecule has 0 saturated heterocycles. The van der Waals surface area contributed by atoms with Crippen LogP contribution in [0.3, 0.4) is 0 Å². The lowest BCUT2D eigenvalue weighted by molar-refractivity contribution is -0.117. The fraction of sp³-hybridized carbons (Fsp3) is 0.278. The fourth-order valence-electron chi connectivity index (χ4n) is 2.24. The zero-order valence-electron chi connectivity index (χ0n) is 15.1. The molecule has 2 rings (SSSR count). The van der Waals surface area contributed by atoms with Gasteiger partial charge in [0.15, 0.2) is 11.5 Å². The van der Waals surface area contributed by atoms with Crippen LogP contribution in [0.5, 0.6) is 11.5 Å². The molecule has 7 nitrogen and oxygen atoms in total. The molecule has 1 atom stereocenters. The lowest BCUT2D eigenvalue weighted by Crippen LogP contribution is -2.41. The number of sulfonamides is 1. The summed E-state index contributed by atoms with van der Waals surface area (Å²) in [5.41, 5.74) is 1.41. The Labute approximate surface area is 153 Å². The molecule has 0 unspecified atom stereocenters. The molecular weight excluding hydrogens is 356 g/mol. The van der Waals surface area contributed by atoms with Crippen molar-refractivity contribution >= 4 is 21.6 Å². The van der Waals surface area contributed by atoms with Crippen LogP contribution in [-0.4, -0.2) is 34.6 Å². The van der Waals surface area contributed by atoms with Gasteiger partial charge in [-0.05, 0) is 38.1 Å². The van der Waals surface area contributed by atoms with E-state index >= 15 is 0 Å². The first kappa shape index (κ1) is 19.7. The Morgan fingerprint density at radius 2 is 1.62 bits per heavy atom. The van der Waals surface area contributed by atoms with Crippen molar-refractivity contribution in [3.8, 4) is 11.5 Å². The van der Waals surface area contributed by atoms with Crippen molar-refractivity contribution in [1.82, 2.24) is 4.72 Å². The minimum atomic E-state index is -3.79. The molecule has 2 N–H and O–H groups in total. The second-order valence-corrected chi connectivity index (χ2v) is 7.43. The molecular formula is C18H22N2O5S. The van der Waals surface area contributed by atoms with Crippen molar-refractivity contribution < 1.29 is 22.7 Å². The maximum atomic E-state index is 12.4. The van der Waals surface area contributed by atoms with Crippen LogP contribution in [0.1, 0.15) is 12.5 Å². The number of amides is 1. The summed E-state index contributed by atoms with van der Waals surface area (Å²) in [4.78, 5) is 12.4. The Morgan fingerprint density at radius 3 is 2.19 bits per heavy atom. The number of methoxy groups -OCH3 is 2. The van der Waals surface area contributed by atoms with Gasteiger partial charge in [-0.2, -0.15) is 4.72 Å². The number of hydrogen-bond acceptors (Lipinski definition) is 5. The van der Waals surface area contributed by atoms with E-state index in [1.54, 1.807) is 30.3 Å². The second kappa shape index (κ2) is 8.20. The highest BCUT2D eigenvalue weighted by atomic mass is 32.2. The molecule has 140 valence electrons. The van der Waals surface area contributed by atoms with Crippen LogP contribution in [0.4, 0.5) is 5.69 Å². The predicted octanol–water partition coefficient (Wildman–Crippen LogP) is 2.32. The van der Waals surface area contributed by atoms with Crippen LogP contribution < -0.4 is 19.5 Å². The molecule has 8 heteroatoms. The Bertz CT molecular complexity index is 879. The van der Waals surface area contributed by atoms with Crippen LogP contribution >= 0.6 is 0 Å². The molecule has 26 heavy (non-hydrogen) atoms. The van der Waals surface area contributed by atoms with E-state index in [9.17, 15) is 13.2 Å². The molecule has 0 radical (unpaired) electrons. The number of ether oxygens (including phenoxy) is 2. The van der Waals surface area contributed by atoms with Crippen molar-refractivity contribution in [2.24, 2.45) is 0 Å². The summed E-state index contributed by atoms with van der Waals surface area (Å²) in [6, 6.07) is 10.3. The summed E-state index contributed by atoms with van der Waals surface area (Å²) >= 11 is 0. The Morgan fingerprint density at radius 1 is 1.00 bits per heavy atom. The molecule has 0 heterocycles. The summed E-state index contributed by atoms with van der Waals surface area (Å²) in [6.07, 6.45) is 0. The summed E-state index contributed by atoms with van der Waals surface area (Å²) < 4.78 is 37.4. The van der Waals surface area contributed by atoms with E-state index < -0.39 is 22.0 Å². The van der Waals surface area contributed by atoms with Crippen LogP contribution in [-0.2, 0) is 14.8 Å². The standard InChI is InChI=1S/C18H22N2O5S/c1-12-5-8-15(9-6-12)26(22,23)20-13(2)18(21)19-14-7-10-16(24-3)17(11-14)25-4/h5-11,13,20H,1-4H3,(H,19,21)/t13-/m0/s1. The minimum Gasteiger partial charge on any atom is -0.493 e. The SMILES string of the molecule is COc1ccc(NC(=O)[C@H](C)NS(=O)(=O)c2ccc(C)cc2)cc1OC. The zero-order valence-corrected chi connectivity index (χ0v) is 15.9. The molecule has 2 aromatic rings. The smallest absolute Gasteiger partial charge is 0.242 e. The average molecular weight is 378 g/mol. The highest BCUT2D eigenvalue weighted by Gasteiger charge is 2.22. The Hall–Kier alpha value is -2.58. The largest absolute Gasteiger partial charge is 0.493 e. The van der Waals surface area contributed by atoms with Crippen molar-refractivity contribution in [2.45, 2.75) is 24.8 Å². The third-order valence-corrected chi connectivity index (χ3v) is 5.26. The summed E-state index contributed by atoms with van der Waals surface area (Å²) in [6.45, 7) is 3.34. The van der Waals surface area contributed by atoms with E-state index in [0.29, 0.717) is 17.2 Å². The van der Waals surface area contributed by atoms with Gasteiger partial charge in [0.05, 0.1) is 25.2 Å². The molecule has 0 aliphatic heterocycles. The molecule has 0 aromatic heterocycles. The van der Waals surface area contributed by atoms with Crippen molar-refractivity contribution in [3.63, 3.8) is 0 Å². The van der Waals surface area contributed by atoms with Gasteiger partial charge in [-0.25, -0.2) is 8.42 Å². The van der Waals surface area contributed by atoms with E-state index in [0.717, 1.165) is 5.56 Å². The molecule has 0 fully saturated rings. The van der Waals surface area contributed by atoms with Crippen LogP contribution in [0, 0.1) is 6.92 Å². The Kier molecular flexibility index (Phi) is 6.23. The molecule has 1 amide bonds. The molecule has 0 saturated carbocycles. The van der Waals surface area contributed by atoms with Crippen LogP contribution in [0.15, 0.2) is 47.4 Å². The van der Waals surface area contributed by atoms with Crippen LogP contribution in [0.25, 0.3) is 0 Å². The van der Waals surface area contributed by atoms with E-state index in [4.69, 9.17) is 9.47 Å². The van der Waals surface area contributed by atoms with Gasteiger partial charge in [-0.3, -0.25) is 4.79 Å². The van der Waals surface area contributed by atoms with E-state index in [2.05, 4.69) is 10.0 Å². The monoisotopic (exact) mass is 378 g/mol. The van der Waals surface area contributed by atoms with Crippen LogP contribution in [0.2, 0.25) is 0 Å². The second-order valence-electron chi connectivity index (χ2n) is 5.72. The lowest BCUT2D eigenvalue weighted by Gasteiger charge is -2.15. The number of aryl methyl sites for hydroxylation is 1. The highest BCUT2D eigenvalue weighted by molar-refractivity contribution is 7.89. The maximum Gasteiger partial charge on any atom is 0.242 e. The minimum absolute atomic E-state index is 0.105. The van der Waals surface area contributed by atoms with Gasteiger partial charge in [0.2, 0.25) is 15.9 Å². The maximum absolute atomic E-state index is 12.4. The molecule has 0 bridgehead atoms. The summed E-state index contributed by atoms with van der Waals surface area (Å²) in [5.74, 6) is 0.490. The number of hydrogen-bond donors (Lipinski definition) is 2. The third kappa shape index (κ3) is 4.74. The number of rotatable bonds is 7. The summed E-state index contributed by atoms with van der Waals surface area (Å²) in [7, 11) is -0.793. The van der Waals surface area contributed by atoms with Gasteiger partial charge < -0.3 is 14.8 Å². The van der Waals surface area contributed by atoms with Gasteiger partial charge in [-0.1, -0.05) is 17.7 Å². The first-order valence-corrected chi connectivity index (χ1v) is 9.37. The number of nitrogens with one attached hydrogen (secondary N) is 2. The highest BCUT2D eigenvalue weighted by Crippen LogP contribution is 2.29. The topological polar surface area (TPSA) is 93.7 Å². The van der Waals surface area contributed by atoms with Crippen molar-refractivity contribution in [3.05, 3.63) is 48.0 Å². The van der Waals surface area contributed by atoms with Gasteiger partial charge >= 0.3 is 0 Å². The van der Waals surface area contributed by atoms with Crippen molar-refractivity contribution in [2.75, 3.05) is 19.5 Å². The normalized spacial score (nSPS) is 12.3. The van der Waals surface area contributed by atoms with E-state index in [1.165, 1.54) is 33.3 Å². The summed E-state index contributed by atoms with van der Waals surface area (Å²) in [5, 5.41) is 2.65. The van der Waals surface area contributed by atoms with Gasteiger partial charge in [0.25, 0.3) is 0 Å². The first-order valence-electron chi connectivity index (χ1n) is 7.88. The third-order valence-electron chi connectivity index (χ3n) is 3.71.